The molecular formula is C20H21N3O. The van der Waals surface area contributed by atoms with Crippen molar-refractivity contribution in [3.63, 3.8) is 0 Å². The third-order valence-electron chi connectivity index (χ3n) is 3.73. The minimum Gasteiger partial charge on any atom is -0.378 e. The quantitative estimate of drug-likeness (QED) is 0.677. The number of nitriles is 1. The molecule has 0 spiro atoms. The highest BCUT2D eigenvalue weighted by Gasteiger charge is 2.13. The number of rotatable bonds is 5. The Morgan fingerprint density at radius 3 is 2.29 bits per heavy atom. The van der Waals surface area contributed by atoms with Crippen LogP contribution in [0, 0.1) is 11.3 Å². The predicted molar refractivity (Wildman–Crippen MR) is 97.4 cm³/mol. The van der Waals surface area contributed by atoms with Crippen molar-refractivity contribution in [2.45, 2.75) is 13.0 Å². The average Bonchev–Trinajstić information content (AvgIpc) is 2.60. The number of nitrogens with zero attached hydrogens (tertiary/aromatic N) is 2. The van der Waals surface area contributed by atoms with Crippen molar-refractivity contribution in [2.75, 3.05) is 19.0 Å². The number of nitrogens with one attached hydrogen (secondary N) is 1. The number of hydrogen-bond acceptors (Lipinski definition) is 3. The van der Waals surface area contributed by atoms with Gasteiger partial charge in [-0.15, -0.1) is 0 Å². The monoisotopic (exact) mass is 319 g/mol. The van der Waals surface area contributed by atoms with Crippen molar-refractivity contribution in [1.82, 2.24) is 5.32 Å². The Morgan fingerprint density at radius 2 is 1.75 bits per heavy atom. The summed E-state index contributed by atoms with van der Waals surface area (Å²) in [4.78, 5) is 14.3. The van der Waals surface area contributed by atoms with Gasteiger partial charge < -0.3 is 10.2 Å². The summed E-state index contributed by atoms with van der Waals surface area (Å²) < 4.78 is 0. The Morgan fingerprint density at radius 1 is 1.12 bits per heavy atom. The van der Waals surface area contributed by atoms with Gasteiger partial charge in [0.05, 0.1) is 6.04 Å². The lowest BCUT2D eigenvalue weighted by Crippen LogP contribution is -2.27. The van der Waals surface area contributed by atoms with E-state index in [4.69, 9.17) is 0 Å². The maximum absolute atomic E-state index is 12.3. The van der Waals surface area contributed by atoms with Gasteiger partial charge in [0.15, 0.2) is 0 Å². The zero-order valence-corrected chi connectivity index (χ0v) is 14.2. The highest BCUT2D eigenvalue weighted by Crippen LogP contribution is 2.16. The third-order valence-corrected chi connectivity index (χ3v) is 3.73. The smallest absolute Gasteiger partial charge is 0.262 e. The number of carbonyl (C=O) groups excluding carboxylic acids is 1. The molecule has 0 aromatic heterocycles. The van der Waals surface area contributed by atoms with Crippen molar-refractivity contribution in [3.8, 4) is 6.07 Å². The van der Waals surface area contributed by atoms with Crippen LogP contribution in [-0.2, 0) is 4.79 Å². The van der Waals surface area contributed by atoms with Gasteiger partial charge in [-0.1, -0.05) is 42.5 Å². The Labute approximate surface area is 143 Å². The van der Waals surface area contributed by atoms with E-state index in [1.807, 2.05) is 86.6 Å². The highest BCUT2D eigenvalue weighted by molar-refractivity contribution is 6.01. The maximum Gasteiger partial charge on any atom is 0.262 e. The van der Waals surface area contributed by atoms with Crippen molar-refractivity contribution < 1.29 is 4.79 Å². The van der Waals surface area contributed by atoms with Crippen LogP contribution in [0.15, 0.2) is 60.2 Å². The number of anilines is 1. The van der Waals surface area contributed by atoms with Crippen LogP contribution >= 0.6 is 0 Å². The standard InChI is InChI=1S/C20H21N3O/c1-15(17-7-5-4-6-8-17)22-20(24)18(14-21)13-16-9-11-19(12-10-16)23(2)3/h4-13,15H,1-3H3,(H,22,24)/b18-13-. The SMILES string of the molecule is CC(NC(=O)/C(C#N)=C\c1ccc(N(C)C)cc1)c1ccccc1. The normalized spacial score (nSPS) is 12.2. The van der Waals surface area contributed by atoms with Gasteiger partial charge in [-0.05, 0) is 36.3 Å². The van der Waals surface area contributed by atoms with E-state index in [1.54, 1.807) is 6.08 Å². The molecule has 0 saturated heterocycles. The van der Waals surface area contributed by atoms with E-state index in [0.29, 0.717) is 0 Å². The van der Waals surface area contributed by atoms with Crippen LogP contribution in [0.5, 0.6) is 0 Å². The third kappa shape index (κ3) is 4.47. The molecule has 0 heterocycles. The first-order valence-electron chi connectivity index (χ1n) is 7.76. The first kappa shape index (κ1) is 17.3. The number of benzene rings is 2. The summed E-state index contributed by atoms with van der Waals surface area (Å²) >= 11 is 0. The van der Waals surface area contributed by atoms with E-state index in [-0.39, 0.29) is 17.5 Å². The summed E-state index contributed by atoms with van der Waals surface area (Å²) in [5, 5.41) is 12.2. The van der Waals surface area contributed by atoms with E-state index < -0.39 is 0 Å². The molecule has 1 N–H and O–H groups in total. The second-order valence-corrected chi connectivity index (χ2v) is 5.76. The lowest BCUT2D eigenvalue weighted by molar-refractivity contribution is -0.117. The number of hydrogen-bond donors (Lipinski definition) is 1. The fraction of sp³-hybridized carbons (Fsp3) is 0.200. The molecule has 4 heteroatoms. The van der Waals surface area contributed by atoms with E-state index in [1.165, 1.54) is 0 Å². The molecule has 0 radical (unpaired) electrons. The van der Waals surface area contributed by atoms with Crippen LogP contribution in [0.3, 0.4) is 0 Å². The molecule has 122 valence electrons. The molecule has 1 unspecified atom stereocenters. The zero-order chi connectivity index (χ0) is 17.5. The molecule has 0 aliphatic carbocycles. The fourth-order valence-corrected chi connectivity index (χ4v) is 2.28. The fourth-order valence-electron chi connectivity index (χ4n) is 2.28. The molecular weight excluding hydrogens is 298 g/mol. The van der Waals surface area contributed by atoms with Gasteiger partial charge in [0.2, 0.25) is 0 Å². The second kappa shape index (κ2) is 7.98. The van der Waals surface area contributed by atoms with Gasteiger partial charge in [-0.3, -0.25) is 4.79 Å². The molecule has 4 nitrogen and oxygen atoms in total. The lowest BCUT2D eigenvalue weighted by Gasteiger charge is -2.14. The first-order chi connectivity index (χ1) is 11.5. The summed E-state index contributed by atoms with van der Waals surface area (Å²) in [7, 11) is 3.92. The molecule has 2 aromatic carbocycles. The van der Waals surface area contributed by atoms with Crippen LogP contribution in [0.2, 0.25) is 0 Å². The van der Waals surface area contributed by atoms with Crippen LogP contribution in [0.25, 0.3) is 6.08 Å². The zero-order valence-electron chi connectivity index (χ0n) is 14.2. The van der Waals surface area contributed by atoms with Crippen molar-refractivity contribution >= 4 is 17.7 Å². The van der Waals surface area contributed by atoms with E-state index in [0.717, 1.165) is 16.8 Å². The molecule has 2 rings (SSSR count). The Hall–Kier alpha value is -3.06. The van der Waals surface area contributed by atoms with E-state index in [9.17, 15) is 10.1 Å². The number of carbonyl (C=O) groups is 1. The summed E-state index contributed by atoms with van der Waals surface area (Å²) in [5.41, 5.74) is 2.97. The van der Waals surface area contributed by atoms with Crippen molar-refractivity contribution in [2.24, 2.45) is 0 Å². The van der Waals surface area contributed by atoms with Crippen molar-refractivity contribution in [3.05, 3.63) is 71.3 Å². The van der Waals surface area contributed by atoms with Gasteiger partial charge in [-0.25, -0.2) is 0 Å². The largest absolute Gasteiger partial charge is 0.378 e. The summed E-state index contributed by atoms with van der Waals surface area (Å²) in [5.74, 6) is -0.370. The van der Waals surface area contributed by atoms with Gasteiger partial charge in [0, 0.05) is 19.8 Å². The summed E-state index contributed by atoms with van der Waals surface area (Å²) in [6, 6.07) is 19.2. The highest BCUT2D eigenvalue weighted by atomic mass is 16.1. The molecule has 0 bridgehead atoms. The molecule has 0 fully saturated rings. The van der Waals surface area contributed by atoms with E-state index >= 15 is 0 Å². The van der Waals surface area contributed by atoms with Crippen LogP contribution in [0.4, 0.5) is 5.69 Å². The molecule has 0 aliphatic rings. The topological polar surface area (TPSA) is 56.1 Å². The average molecular weight is 319 g/mol. The molecule has 24 heavy (non-hydrogen) atoms. The Balaban J connectivity index is 2.12. The summed E-state index contributed by atoms with van der Waals surface area (Å²) in [6.07, 6.45) is 1.60. The van der Waals surface area contributed by atoms with Crippen molar-refractivity contribution in [1.29, 1.82) is 5.26 Å². The molecule has 1 amide bonds. The van der Waals surface area contributed by atoms with E-state index in [2.05, 4.69) is 5.32 Å². The predicted octanol–water partition coefficient (Wildman–Crippen LogP) is 3.54. The van der Waals surface area contributed by atoms with Crippen LogP contribution < -0.4 is 10.2 Å². The van der Waals surface area contributed by atoms with Gasteiger partial charge >= 0.3 is 0 Å². The second-order valence-electron chi connectivity index (χ2n) is 5.76. The molecule has 2 aromatic rings. The van der Waals surface area contributed by atoms with Gasteiger partial charge in [-0.2, -0.15) is 5.26 Å². The van der Waals surface area contributed by atoms with Gasteiger partial charge in [0.25, 0.3) is 5.91 Å². The Kier molecular flexibility index (Phi) is 5.75. The Bertz CT molecular complexity index is 756. The van der Waals surface area contributed by atoms with Gasteiger partial charge in [0.1, 0.15) is 11.6 Å². The molecule has 0 aliphatic heterocycles. The first-order valence-corrected chi connectivity index (χ1v) is 7.76. The minimum atomic E-state index is -0.370. The summed E-state index contributed by atoms with van der Waals surface area (Å²) in [6.45, 7) is 1.90. The molecule has 1 atom stereocenters. The van der Waals surface area contributed by atoms with Crippen LogP contribution in [0.1, 0.15) is 24.1 Å². The minimum absolute atomic E-state index is 0.0929. The molecule has 0 saturated carbocycles. The number of amides is 1. The lowest BCUT2D eigenvalue weighted by atomic mass is 10.1. The maximum atomic E-state index is 12.3. The van der Waals surface area contributed by atoms with Crippen LogP contribution in [-0.4, -0.2) is 20.0 Å².